The third kappa shape index (κ3) is 5.49. The Kier molecular flexibility index (Phi) is 6.99. The predicted molar refractivity (Wildman–Crippen MR) is 76.3 cm³/mol. The lowest BCUT2D eigenvalue weighted by Gasteiger charge is -2.15. The number of carboxylic acid groups (broad SMARTS) is 1. The van der Waals surface area contributed by atoms with Gasteiger partial charge in [0.2, 0.25) is 5.91 Å². The molecule has 0 heterocycles. The molecule has 0 aromatic rings. The lowest BCUT2D eigenvalue weighted by atomic mass is 9.95. The minimum Gasteiger partial charge on any atom is -0.481 e. The van der Waals surface area contributed by atoms with Gasteiger partial charge in [-0.3, -0.25) is 9.59 Å². The normalized spacial score (nSPS) is 25.9. The van der Waals surface area contributed by atoms with E-state index in [-0.39, 0.29) is 5.91 Å². The van der Waals surface area contributed by atoms with Crippen molar-refractivity contribution in [2.75, 3.05) is 19.8 Å². The molecule has 1 unspecified atom stereocenters. The summed E-state index contributed by atoms with van der Waals surface area (Å²) in [6.07, 6.45) is 2.27. The number of hydrogen-bond donors (Lipinski definition) is 2. The molecule has 1 amide bonds. The van der Waals surface area contributed by atoms with Gasteiger partial charge in [-0.15, -0.1) is 0 Å². The SMILES string of the molecule is CC(C)CCOCCNC(=O)[C@H]1CC(C)C[C@H]1C(=O)O. The van der Waals surface area contributed by atoms with Crippen molar-refractivity contribution in [3.8, 4) is 0 Å². The number of ether oxygens (including phenoxy) is 1. The summed E-state index contributed by atoms with van der Waals surface area (Å²) in [6, 6.07) is 0. The summed E-state index contributed by atoms with van der Waals surface area (Å²) >= 11 is 0. The van der Waals surface area contributed by atoms with Gasteiger partial charge in [-0.1, -0.05) is 20.8 Å². The molecule has 0 aromatic carbocycles. The van der Waals surface area contributed by atoms with E-state index in [2.05, 4.69) is 19.2 Å². The van der Waals surface area contributed by atoms with Gasteiger partial charge in [-0.2, -0.15) is 0 Å². The molecule has 1 fully saturated rings. The van der Waals surface area contributed by atoms with Gasteiger partial charge in [0.25, 0.3) is 0 Å². The molecule has 0 aromatic heterocycles. The summed E-state index contributed by atoms with van der Waals surface area (Å²) in [5.74, 6) is -1.02. The fourth-order valence-corrected chi connectivity index (χ4v) is 2.65. The fourth-order valence-electron chi connectivity index (χ4n) is 2.65. The molecule has 5 nitrogen and oxygen atoms in total. The molecular weight excluding hydrogens is 258 g/mol. The molecule has 1 aliphatic carbocycles. The number of carbonyl (C=O) groups excluding carboxylic acids is 1. The summed E-state index contributed by atoms with van der Waals surface area (Å²) in [5.41, 5.74) is 0. The summed E-state index contributed by atoms with van der Waals surface area (Å²) in [4.78, 5) is 23.2. The molecule has 1 rings (SSSR count). The Morgan fingerprint density at radius 1 is 1.25 bits per heavy atom. The first-order valence-corrected chi connectivity index (χ1v) is 7.50. The third-order valence-corrected chi connectivity index (χ3v) is 3.84. The van der Waals surface area contributed by atoms with E-state index in [1.54, 1.807) is 0 Å². The fraction of sp³-hybridized carbons (Fsp3) is 0.867. The average Bonchev–Trinajstić information content (AvgIpc) is 2.75. The highest BCUT2D eigenvalue weighted by molar-refractivity contribution is 5.85. The molecule has 1 saturated carbocycles. The lowest BCUT2D eigenvalue weighted by molar-refractivity contribution is -0.146. The van der Waals surface area contributed by atoms with Crippen LogP contribution in [0.3, 0.4) is 0 Å². The van der Waals surface area contributed by atoms with Crippen LogP contribution < -0.4 is 5.32 Å². The van der Waals surface area contributed by atoms with E-state index < -0.39 is 17.8 Å². The largest absolute Gasteiger partial charge is 0.481 e. The van der Waals surface area contributed by atoms with Crippen LogP contribution in [0.1, 0.15) is 40.0 Å². The van der Waals surface area contributed by atoms with Crippen molar-refractivity contribution in [3.63, 3.8) is 0 Å². The van der Waals surface area contributed by atoms with Gasteiger partial charge >= 0.3 is 5.97 Å². The van der Waals surface area contributed by atoms with Crippen LogP contribution in [-0.2, 0) is 14.3 Å². The van der Waals surface area contributed by atoms with Crippen molar-refractivity contribution in [3.05, 3.63) is 0 Å². The molecule has 3 atom stereocenters. The summed E-state index contributed by atoms with van der Waals surface area (Å²) in [5, 5.41) is 11.9. The van der Waals surface area contributed by atoms with Gasteiger partial charge in [-0.25, -0.2) is 0 Å². The molecule has 20 heavy (non-hydrogen) atoms. The van der Waals surface area contributed by atoms with Crippen molar-refractivity contribution in [1.82, 2.24) is 5.32 Å². The second-order valence-electron chi connectivity index (χ2n) is 6.21. The van der Waals surface area contributed by atoms with Crippen LogP contribution in [0.5, 0.6) is 0 Å². The number of rotatable bonds is 8. The smallest absolute Gasteiger partial charge is 0.307 e. The van der Waals surface area contributed by atoms with Crippen LogP contribution in [0.15, 0.2) is 0 Å². The topological polar surface area (TPSA) is 75.6 Å². The van der Waals surface area contributed by atoms with Crippen molar-refractivity contribution < 1.29 is 19.4 Å². The maximum Gasteiger partial charge on any atom is 0.307 e. The van der Waals surface area contributed by atoms with Crippen molar-refractivity contribution >= 4 is 11.9 Å². The first-order chi connectivity index (χ1) is 9.41. The van der Waals surface area contributed by atoms with Gasteiger partial charge in [0, 0.05) is 13.2 Å². The minimum absolute atomic E-state index is 0.144. The minimum atomic E-state index is -0.859. The molecule has 2 N–H and O–H groups in total. The van der Waals surface area contributed by atoms with Crippen LogP contribution in [0.25, 0.3) is 0 Å². The zero-order chi connectivity index (χ0) is 15.1. The quantitative estimate of drug-likeness (QED) is 0.668. The first kappa shape index (κ1) is 17.0. The molecule has 5 heteroatoms. The van der Waals surface area contributed by atoms with E-state index in [1.807, 2.05) is 6.92 Å². The highest BCUT2D eigenvalue weighted by atomic mass is 16.5. The Morgan fingerprint density at radius 2 is 1.90 bits per heavy atom. The Bertz CT molecular complexity index is 330. The van der Waals surface area contributed by atoms with Gasteiger partial charge in [0.1, 0.15) is 0 Å². The van der Waals surface area contributed by atoms with E-state index in [0.717, 1.165) is 6.42 Å². The Morgan fingerprint density at radius 3 is 2.50 bits per heavy atom. The molecule has 1 aliphatic rings. The van der Waals surface area contributed by atoms with Gasteiger partial charge in [-0.05, 0) is 31.1 Å². The average molecular weight is 285 g/mol. The highest BCUT2D eigenvalue weighted by Crippen LogP contribution is 2.36. The van der Waals surface area contributed by atoms with Crippen LogP contribution in [-0.4, -0.2) is 36.7 Å². The summed E-state index contributed by atoms with van der Waals surface area (Å²) < 4.78 is 5.42. The van der Waals surface area contributed by atoms with Crippen LogP contribution in [0.2, 0.25) is 0 Å². The van der Waals surface area contributed by atoms with Crippen molar-refractivity contribution in [2.45, 2.75) is 40.0 Å². The maximum absolute atomic E-state index is 12.0. The van der Waals surface area contributed by atoms with E-state index in [1.165, 1.54) is 0 Å². The standard InChI is InChI=1S/C15H27NO4/c1-10(2)4-6-20-7-5-16-14(17)12-8-11(3)9-13(12)15(18)19/h10-13H,4-9H2,1-3H3,(H,16,17)(H,18,19)/t11?,12-,13+/m0/s1. The molecule has 0 spiro atoms. The number of aliphatic carboxylic acids is 1. The van der Waals surface area contributed by atoms with Gasteiger partial charge in [0.05, 0.1) is 18.4 Å². The molecule has 0 radical (unpaired) electrons. The van der Waals surface area contributed by atoms with E-state index in [0.29, 0.717) is 44.4 Å². The van der Waals surface area contributed by atoms with Crippen LogP contribution in [0.4, 0.5) is 0 Å². The first-order valence-electron chi connectivity index (χ1n) is 7.50. The number of nitrogens with one attached hydrogen (secondary N) is 1. The predicted octanol–water partition coefficient (Wildman–Crippen LogP) is 1.91. The highest BCUT2D eigenvalue weighted by Gasteiger charge is 2.40. The Balaban J connectivity index is 2.23. The third-order valence-electron chi connectivity index (χ3n) is 3.84. The number of amides is 1. The van der Waals surface area contributed by atoms with Gasteiger partial charge in [0.15, 0.2) is 0 Å². The zero-order valence-corrected chi connectivity index (χ0v) is 12.7. The second kappa shape index (κ2) is 8.25. The monoisotopic (exact) mass is 285 g/mol. The van der Waals surface area contributed by atoms with E-state index in [9.17, 15) is 9.59 Å². The second-order valence-corrected chi connectivity index (χ2v) is 6.21. The van der Waals surface area contributed by atoms with Crippen LogP contribution >= 0.6 is 0 Å². The van der Waals surface area contributed by atoms with Crippen LogP contribution in [0, 0.1) is 23.7 Å². The summed E-state index contributed by atoms with van der Waals surface area (Å²) in [7, 11) is 0. The number of carbonyl (C=O) groups is 2. The number of carboxylic acids is 1. The number of hydrogen-bond acceptors (Lipinski definition) is 3. The van der Waals surface area contributed by atoms with E-state index in [4.69, 9.17) is 9.84 Å². The molecular formula is C15H27NO4. The Labute approximate surface area is 121 Å². The van der Waals surface area contributed by atoms with E-state index >= 15 is 0 Å². The maximum atomic E-state index is 12.0. The zero-order valence-electron chi connectivity index (χ0n) is 12.7. The van der Waals surface area contributed by atoms with Crippen molar-refractivity contribution in [1.29, 1.82) is 0 Å². The lowest BCUT2D eigenvalue weighted by Crippen LogP contribution is -2.37. The Hall–Kier alpha value is -1.10. The molecule has 116 valence electrons. The summed E-state index contributed by atoms with van der Waals surface area (Å²) in [6.45, 7) is 7.91. The van der Waals surface area contributed by atoms with Gasteiger partial charge < -0.3 is 15.2 Å². The van der Waals surface area contributed by atoms with Crippen molar-refractivity contribution in [2.24, 2.45) is 23.7 Å². The molecule has 0 bridgehead atoms. The molecule has 0 aliphatic heterocycles. The molecule has 0 saturated heterocycles.